The summed E-state index contributed by atoms with van der Waals surface area (Å²) in [5.74, 6) is 0.884. The lowest BCUT2D eigenvalue weighted by Gasteiger charge is -2.23. The van der Waals surface area contributed by atoms with Gasteiger partial charge in [-0.15, -0.1) is 0 Å². The molecule has 0 aliphatic heterocycles. The van der Waals surface area contributed by atoms with Crippen molar-refractivity contribution >= 4 is 17.5 Å². The van der Waals surface area contributed by atoms with Crippen molar-refractivity contribution in [1.29, 1.82) is 0 Å². The Bertz CT molecular complexity index is 743. The van der Waals surface area contributed by atoms with Gasteiger partial charge in [0, 0.05) is 18.2 Å². The van der Waals surface area contributed by atoms with E-state index in [2.05, 4.69) is 0 Å². The third kappa shape index (κ3) is 3.82. The first-order valence-electron chi connectivity index (χ1n) is 7.97. The zero-order valence-electron chi connectivity index (χ0n) is 13.5. The molecule has 2 aromatic rings. The Kier molecular flexibility index (Phi) is 4.95. The molecular formula is C19H20ClNO3. The Labute approximate surface area is 146 Å². The van der Waals surface area contributed by atoms with Crippen LogP contribution in [0.1, 0.15) is 24.0 Å². The fourth-order valence-electron chi connectivity index (χ4n) is 2.76. The van der Waals surface area contributed by atoms with Gasteiger partial charge < -0.3 is 14.7 Å². The van der Waals surface area contributed by atoms with Crippen molar-refractivity contribution in [3.05, 3.63) is 58.6 Å². The summed E-state index contributed by atoms with van der Waals surface area (Å²) in [6, 6.07) is 13.0. The van der Waals surface area contributed by atoms with E-state index >= 15 is 0 Å². The number of para-hydroxylation sites is 1. The van der Waals surface area contributed by atoms with Gasteiger partial charge in [0.25, 0.3) is 0 Å². The van der Waals surface area contributed by atoms with Crippen molar-refractivity contribution in [2.75, 3.05) is 7.11 Å². The number of benzene rings is 2. The lowest BCUT2D eigenvalue weighted by atomic mass is 10.1. The highest BCUT2D eigenvalue weighted by Crippen LogP contribution is 2.31. The Hall–Kier alpha value is -2.20. The third-order valence-corrected chi connectivity index (χ3v) is 4.51. The van der Waals surface area contributed by atoms with Crippen molar-refractivity contribution in [2.45, 2.75) is 31.8 Å². The van der Waals surface area contributed by atoms with Crippen LogP contribution in [-0.2, 0) is 17.8 Å². The molecule has 1 amide bonds. The molecule has 1 N–H and O–H groups in total. The smallest absolute Gasteiger partial charge is 0.227 e. The molecule has 126 valence electrons. The number of carbonyl (C=O) groups is 1. The van der Waals surface area contributed by atoms with Crippen LogP contribution < -0.4 is 4.74 Å². The van der Waals surface area contributed by atoms with E-state index in [1.807, 2.05) is 29.2 Å². The van der Waals surface area contributed by atoms with Gasteiger partial charge in [-0.2, -0.15) is 0 Å². The van der Waals surface area contributed by atoms with Crippen LogP contribution in [0.3, 0.4) is 0 Å². The van der Waals surface area contributed by atoms with E-state index in [9.17, 15) is 9.90 Å². The molecule has 0 unspecified atom stereocenters. The minimum absolute atomic E-state index is 0.0286. The van der Waals surface area contributed by atoms with Gasteiger partial charge in [-0.1, -0.05) is 35.9 Å². The molecule has 3 rings (SSSR count). The summed E-state index contributed by atoms with van der Waals surface area (Å²) in [5, 5.41) is 9.76. The van der Waals surface area contributed by atoms with E-state index in [1.165, 1.54) is 6.07 Å². The molecule has 0 radical (unpaired) electrons. The van der Waals surface area contributed by atoms with Crippen LogP contribution in [0.15, 0.2) is 42.5 Å². The summed E-state index contributed by atoms with van der Waals surface area (Å²) in [7, 11) is 1.64. The third-order valence-electron chi connectivity index (χ3n) is 4.21. The first-order valence-corrected chi connectivity index (χ1v) is 8.35. The van der Waals surface area contributed by atoms with Gasteiger partial charge in [-0.3, -0.25) is 4.79 Å². The standard InChI is InChI=1S/C19H20ClNO3/c1-24-18-5-3-2-4-14(18)12-21(15-7-8-15)19(23)11-13-6-9-17(22)16(20)10-13/h2-6,9-10,15,22H,7-8,11-12H2,1H3. The summed E-state index contributed by atoms with van der Waals surface area (Å²) >= 11 is 5.93. The molecule has 0 heterocycles. The van der Waals surface area contributed by atoms with E-state index < -0.39 is 0 Å². The van der Waals surface area contributed by atoms with E-state index in [0.29, 0.717) is 12.6 Å². The maximum absolute atomic E-state index is 12.8. The number of ether oxygens (including phenoxy) is 1. The van der Waals surface area contributed by atoms with Gasteiger partial charge >= 0.3 is 0 Å². The number of hydrogen-bond acceptors (Lipinski definition) is 3. The largest absolute Gasteiger partial charge is 0.506 e. The number of carbonyl (C=O) groups excluding carboxylic acids is 1. The fourth-order valence-corrected chi connectivity index (χ4v) is 2.96. The zero-order chi connectivity index (χ0) is 17.1. The monoisotopic (exact) mass is 345 g/mol. The molecule has 0 bridgehead atoms. The average Bonchev–Trinajstić information content (AvgIpc) is 3.41. The van der Waals surface area contributed by atoms with Crippen molar-refractivity contribution < 1.29 is 14.6 Å². The van der Waals surface area contributed by atoms with Gasteiger partial charge in [0.2, 0.25) is 5.91 Å². The molecule has 5 heteroatoms. The number of rotatable bonds is 6. The highest BCUT2D eigenvalue weighted by atomic mass is 35.5. The number of aromatic hydroxyl groups is 1. The summed E-state index contributed by atoms with van der Waals surface area (Å²) < 4.78 is 5.39. The van der Waals surface area contributed by atoms with Gasteiger partial charge in [0.05, 0.1) is 18.6 Å². The number of nitrogens with zero attached hydrogens (tertiary/aromatic N) is 1. The Morgan fingerprint density at radius 2 is 2.04 bits per heavy atom. The predicted octanol–water partition coefficient (Wildman–Crippen LogP) is 3.79. The molecule has 1 saturated carbocycles. The van der Waals surface area contributed by atoms with Crippen molar-refractivity contribution in [3.8, 4) is 11.5 Å². The van der Waals surface area contributed by atoms with Gasteiger partial charge in [0.1, 0.15) is 11.5 Å². The number of methoxy groups -OCH3 is 1. The molecule has 0 spiro atoms. The van der Waals surface area contributed by atoms with Gasteiger partial charge in [-0.05, 0) is 36.6 Å². The second kappa shape index (κ2) is 7.14. The average molecular weight is 346 g/mol. The highest BCUT2D eigenvalue weighted by molar-refractivity contribution is 6.32. The molecule has 2 aromatic carbocycles. The molecule has 1 fully saturated rings. The van der Waals surface area contributed by atoms with Crippen LogP contribution >= 0.6 is 11.6 Å². The maximum atomic E-state index is 12.8. The number of phenols is 1. The highest BCUT2D eigenvalue weighted by Gasteiger charge is 2.32. The second-order valence-corrected chi connectivity index (χ2v) is 6.43. The molecule has 1 aliphatic carbocycles. The molecule has 24 heavy (non-hydrogen) atoms. The lowest BCUT2D eigenvalue weighted by Crippen LogP contribution is -2.33. The summed E-state index contributed by atoms with van der Waals surface area (Å²) in [6.07, 6.45) is 2.35. The molecule has 0 saturated heterocycles. The Balaban J connectivity index is 1.75. The first-order chi connectivity index (χ1) is 11.6. The summed E-state index contributed by atoms with van der Waals surface area (Å²) in [6.45, 7) is 0.541. The zero-order valence-corrected chi connectivity index (χ0v) is 14.3. The van der Waals surface area contributed by atoms with Crippen LogP contribution in [0.4, 0.5) is 0 Å². The SMILES string of the molecule is COc1ccccc1CN(C(=O)Cc1ccc(O)c(Cl)c1)C1CC1. The number of phenolic OH excluding ortho intramolecular Hbond substituents is 1. The number of hydrogen-bond donors (Lipinski definition) is 1. The van der Waals surface area contributed by atoms with Crippen LogP contribution in [0.5, 0.6) is 11.5 Å². The van der Waals surface area contributed by atoms with E-state index in [1.54, 1.807) is 19.2 Å². The lowest BCUT2D eigenvalue weighted by molar-refractivity contribution is -0.131. The predicted molar refractivity (Wildman–Crippen MR) is 93.4 cm³/mol. The fraction of sp³-hybridized carbons (Fsp3) is 0.316. The van der Waals surface area contributed by atoms with E-state index in [-0.39, 0.29) is 23.1 Å². The second-order valence-electron chi connectivity index (χ2n) is 6.03. The van der Waals surface area contributed by atoms with E-state index in [4.69, 9.17) is 16.3 Å². The number of amides is 1. The molecule has 0 atom stereocenters. The van der Waals surface area contributed by atoms with Gasteiger partial charge in [-0.25, -0.2) is 0 Å². The van der Waals surface area contributed by atoms with Crippen LogP contribution in [0.25, 0.3) is 0 Å². The normalized spacial score (nSPS) is 13.6. The molecule has 1 aliphatic rings. The molecular weight excluding hydrogens is 326 g/mol. The van der Waals surface area contributed by atoms with Crippen molar-refractivity contribution in [1.82, 2.24) is 4.90 Å². The van der Waals surface area contributed by atoms with Crippen LogP contribution in [0.2, 0.25) is 5.02 Å². The number of halogens is 1. The first kappa shape index (κ1) is 16.7. The Morgan fingerprint density at radius 3 is 2.71 bits per heavy atom. The summed E-state index contributed by atoms with van der Waals surface area (Å²) in [4.78, 5) is 14.7. The maximum Gasteiger partial charge on any atom is 0.227 e. The van der Waals surface area contributed by atoms with Crippen molar-refractivity contribution in [3.63, 3.8) is 0 Å². The molecule has 0 aromatic heterocycles. The van der Waals surface area contributed by atoms with Crippen LogP contribution in [-0.4, -0.2) is 29.1 Å². The summed E-state index contributed by atoms with van der Waals surface area (Å²) in [5.41, 5.74) is 1.80. The minimum Gasteiger partial charge on any atom is -0.506 e. The van der Waals surface area contributed by atoms with E-state index in [0.717, 1.165) is 29.7 Å². The quantitative estimate of drug-likeness (QED) is 0.866. The van der Waals surface area contributed by atoms with Crippen molar-refractivity contribution in [2.24, 2.45) is 0 Å². The topological polar surface area (TPSA) is 49.8 Å². The van der Waals surface area contributed by atoms with Gasteiger partial charge in [0.15, 0.2) is 0 Å². The molecule has 4 nitrogen and oxygen atoms in total. The van der Waals surface area contributed by atoms with Crippen LogP contribution in [0, 0.1) is 0 Å². The minimum atomic E-state index is 0.0286. The Morgan fingerprint density at radius 1 is 1.29 bits per heavy atom.